The summed E-state index contributed by atoms with van der Waals surface area (Å²) in [6.07, 6.45) is -8.58. The predicted octanol–water partition coefficient (Wildman–Crippen LogP) is 8.71. The van der Waals surface area contributed by atoms with Crippen LogP contribution in [0.4, 0.5) is 46.5 Å². The SMILES string of the molecule is C=C/C(=C\N=C/C)C(=O)N(CCC)c1cccc(C(=O)N(C)c2c(Cl)cc(C(F)(C(F)(F)F)C(F)(F)F)cc2Br)c1F. The molecule has 0 aliphatic carbocycles. The van der Waals surface area contributed by atoms with Gasteiger partial charge in [-0.2, -0.15) is 26.3 Å². The molecule has 0 spiro atoms. The van der Waals surface area contributed by atoms with Crippen molar-refractivity contribution >= 4 is 56.9 Å². The summed E-state index contributed by atoms with van der Waals surface area (Å²) in [4.78, 5) is 32.0. The van der Waals surface area contributed by atoms with Crippen LogP contribution in [-0.4, -0.2) is 44.0 Å². The molecule has 0 unspecified atom stereocenters. The molecule has 0 radical (unpaired) electrons. The van der Waals surface area contributed by atoms with E-state index in [2.05, 4.69) is 27.5 Å². The van der Waals surface area contributed by atoms with Crippen LogP contribution in [0, 0.1) is 5.82 Å². The standard InChI is InChI=1S/C27H23BrClF8N3O2/c1-5-11-40(23(41)15(6-2)14-38-7-3)20-10-8-9-17(21(20)30)24(42)39(4)22-18(28)12-16(13-19(22)29)25(31,26(32,33)34)27(35,36)37/h6-10,12-14H,2,5,11H2,1,3-4H3/b15-14+,38-7-. The van der Waals surface area contributed by atoms with Gasteiger partial charge in [0.1, 0.15) is 0 Å². The zero-order chi connectivity index (χ0) is 32.2. The van der Waals surface area contributed by atoms with Gasteiger partial charge in [-0.1, -0.05) is 37.2 Å². The van der Waals surface area contributed by atoms with Crippen LogP contribution in [0.3, 0.4) is 0 Å². The average Bonchev–Trinajstić information content (AvgIpc) is 2.89. The van der Waals surface area contributed by atoms with Gasteiger partial charge in [0.15, 0.2) is 5.82 Å². The van der Waals surface area contributed by atoms with Crippen molar-refractivity contribution in [3.05, 3.63) is 81.2 Å². The second-order valence-corrected chi connectivity index (χ2v) is 9.86. The van der Waals surface area contributed by atoms with E-state index >= 15 is 4.39 Å². The van der Waals surface area contributed by atoms with Gasteiger partial charge in [-0.25, -0.2) is 8.78 Å². The highest BCUT2D eigenvalue weighted by molar-refractivity contribution is 9.10. The van der Waals surface area contributed by atoms with Gasteiger partial charge < -0.3 is 9.80 Å². The van der Waals surface area contributed by atoms with E-state index in [-0.39, 0.29) is 29.9 Å². The highest BCUT2D eigenvalue weighted by Crippen LogP contribution is 2.54. The summed E-state index contributed by atoms with van der Waals surface area (Å²) in [6, 6.07) is 3.82. The van der Waals surface area contributed by atoms with Crippen molar-refractivity contribution in [2.45, 2.75) is 38.3 Å². The Bertz CT molecular complexity index is 1390. The van der Waals surface area contributed by atoms with E-state index in [1.807, 2.05) is 0 Å². The van der Waals surface area contributed by atoms with E-state index in [1.165, 1.54) is 30.6 Å². The molecule has 2 rings (SSSR count). The summed E-state index contributed by atoms with van der Waals surface area (Å²) in [7, 11) is 1.02. The number of nitrogens with zero attached hydrogens (tertiary/aromatic N) is 3. The second kappa shape index (κ2) is 13.4. The lowest BCUT2D eigenvalue weighted by molar-refractivity contribution is -0.348. The van der Waals surface area contributed by atoms with Crippen molar-refractivity contribution in [1.82, 2.24) is 0 Å². The molecule has 0 saturated heterocycles. The first-order valence-corrected chi connectivity index (χ1v) is 13.1. The molecule has 0 aromatic heterocycles. The van der Waals surface area contributed by atoms with Crippen LogP contribution >= 0.6 is 27.5 Å². The Labute approximate surface area is 249 Å². The van der Waals surface area contributed by atoms with Crippen LogP contribution in [0.25, 0.3) is 0 Å². The number of hydrogen-bond acceptors (Lipinski definition) is 3. The van der Waals surface area contributed by atoms with E-state index < -0.39 is 62.0 Å². The number of benzene rings is 2. The van der Waals surface area contributed by atoms with Gasteiger partial charge in [0.05, 0.1) is 27.5 Å². The second-order valence-electron chi connectivity index (χ2n) is 8.60. The van der Waals surface area contributed by atoms with Crippen molar-refractivity contribution in [3.8, 4) is 0 Å². The lowest BCUT2D eigenvalue weighted by Crippen LogP contribution is -2.50. The fraction of sp³-hybridized carbons (Fsp3) is 0.296. The van der Waals surface area contributed by atoms with Gasteiger partial charge in [0, 0.05) is 36.0 Å². The molecule has 42 heavy (non-hydrogen) atoms. The van der Waals surface area contributed by atoms with Crippen LogP contribution in [0.2, 0.25) is 5.02 Å². The first-order chi connectivity index (χ1) is 19.4. The molecule has 0 bridgehead atoms. The van der Waals surface area contributed by atoms with Crippen LogP contribution in [0.1, 0.15) is 36.2 Å². The molecule has 5 nitrogen and oxygen atoms in total. The monoisotopic (exact) mass is 687 g/mol. The highest BCUT2D eigenvalue weighted by Gasteiger charge is 2.73. The minimum atomic E-state index is -6.40. The third kappa shape index (κ3) is 6.69. The van der Waals surface area contributed by atoms with Gasteiger partial charge in [-0.15, -0.1) is 0 Å². The molecule has 2 aromatic rings. The summed E-state index contributed by atoms with van der Waals surface area (Å²) in [5.41, 5.74) is -9.02. The maximum absolute atomic E-state index is 15.8. The zero-order valence-corrected chi connectivity index (χ0v) is 24.5. The van der Waals surface area contributed by atoms with Crippen LogP contribution < -0.4 is 9.80 Å². The molecule has 0 saturated carbocycles. The molecule has 0 atom stereocenters. The average molecular weight is 689 g/mol. The van der Waals surface area contributed by atoms with Gasteiger partial charge in [0.2, 0.25) is 0 Å². The molecule has 15 heteroatoms. The maximum atomic E-state index is 15.8. The minimum Gasteiger partial charge on any atom is -0.309 e. The Hall–Kier alpha value is -3.26. The van der Waals surface area contributed by atoms with Crippen LogP contribution in [-0.2, 0) is 10.5 Å². The normalized spacial score (nSPS) is 12.9. The fourth-order valence-electron chi connectivity index (χ4n) is 3.81. The van der Waals surface area contributed by atoms with Crippen molar-refractivity contribution < 1.29 is 44.7 Å². The summed E-state index contributed by atoms with van der Waals surface area (Å²) in [5, 5.41) is -0.873. The van der Waals surface area contributed by atoms with Crippen LogP contribution in [0.5, 0.6) is 0 Å². The molecule has 0 fully saturated rings. The Balaban J connectivity index is 2.62. The zero-order valence-electron chi connectivity index (χ0n) is 22.2. The number of rotatable bonds is 9. The minimum absolute atomic E-state index is 0.0203. The smallest absolute Gasteiger partial charge is 0.309 e. The number of hydrogen-bond donors (Lipinski definition) is 0. The predicted molar refractivity (Wildman–Crippen MR) is 148 cm³/mol. The number of carbonyl (C=O) groups excluding carboxylic acids is 2. The maximum Gasteiger partial charge on any atom is 0.435 e. The molecule has 0 N–H and O–H groups in total. The number of anilines is 2. The first-order valence-electron chi connectivity index (χ1n) is 11.9. The molecule has 0 heterocycles. The molecule has 0 aliphatic rings. The van der Waals surface area contributed by atoms with Crippen molar-refractivity contribution in [1.29, 1.82) is 0 Å². The number of alkyl halides is 7. The number of carbonyl (C=O) groups is 2. The molecule has 2 amide bonds. The fourth-order valence-corrected chi connectivity index (χ4v) is 5.00. The van der Waals surface area contributed by atoms with E-state index in [9.17, 15) is 40.3 Å². The quantitative estimate of drug-likeness (QED) is 0.115. The summed E-state index contributed by atoms with van der Waals surface area (Å²) >= 11 is 8.72. The van der Waals surface area contributed by atoms with Gasteiger partial charge in [0.25, 0.3) is 11.8 Å². The van der Waals surface area contributed by atoms with E-state index in [0.717, 1.165) is 18.0 Å². The van der Waals surface area contributed by atoms with Gasteiger partial charge >= 0.3 is 18.0 Å². The third-order valence-corrected chi connectivity index (χ3v) is 6.75. The van der Waals surface area contributed by atoms with E-state index in [4.69, 9.17) is 11.6 Å². The van der Waals surface area contributed by atoms with Crippen molar-refractivity contribution in [2.24, 2.45) is 4.99 Å². The Kier molecular flexibility index (Phi) is 11.1. The molecule has 228 valence electrons. The Morgan fingerprint density at radius 1 is 1.10 bits per heavy atom. The summed E-state index contributed by atoms with van der Waals surface area (Å²) in [6.45, 7) is 6.90. The molecule has 0 aliphatic heterocycles. The molecular weight excluding hydrogens is 666 g/mol. The number of aliphatic imine (C=N–C) groups is 1. The van der Waals surface area contributed by atoms with Crippen molar-refractivity contribution in [3.63, 3.8) is 0 Å². The largest absolute Gasteiger partial charge is 0.435 e. The van der Waals surface area contributed by atoms with Gasteiger partial charge in [-0.05, 0) is 53.5 Å². The number of amides is 2. The van der Waals surface area contributed by atoms with Crippen LogP contribution in [0.15, 0.2) is 64.2 Å². The highest BCUT2D eigenvalue weighted by atomic mass is 79.9. The van der Waals surface area contributed by atoms with E-state index in [1.54, 1.807) is 13.8 Å². The summed E-state index contributed by atoms with van der Waals surface area (Å²) < 4.78 is 109. The van der Waals surface area contributed by atoms with Crippen molar-refractivity contribution in [2.75, 3.05) is 23.4 Å². The van der Waals surface area contributed by atoms with Gasteiger partial charge in [-0.3, -0.25) is 14.6 Å². The Morgan fingerprint density at radius 2 is 1.69 bits per heavy atom. The molecule has 2 aromatic carbocycles. The lowest BCUT2D eigenvalue weighted by Gasteiger charge is -2.31. The Morgan fingerprint density at radius 3 is 2.17 bits per heavy atom. The lowest BCUT2D eigenvalue weighted by atomic mass is 9.94. The first kappa shape index (κ1) is 34.9. The third-order valence-electron chi connectivity index (χ3n) is 5.86. The molecular formula is C27H23BrClF8N3O2. The number of halogens is 10. The topological polar surface area (TPSA) is 53.0 Å². The van der Waals surface area contributed by atoms with E-state index in [0.29, 0.717) is 11.3 Å². The summed E-state index contributed by atoms with van der Waals surface area (Å²) in [5.74, 6) is -2.97.